The van der Waals surface area contributed by atoms with Crippen molar-refractivity contribution in [2.75, 3.05) is 5.32 Å². The van der Waals surface area contributed by atoms with Crippen molar-refractivity contribution in [2.45, 2.75) is 20.0 Å². The molecule has 3 rings (SSSR count). The molecule has 27 heavy (non-hydrogen) atoms. The average Bonchev–Trinajstić information content (AvgIpc) is 2.65. The molecular weight excluding hydrogens is 345 g/mol. The molecule has 0 aliphatic heterocycles. The van der Waals surface area contributed by atoms with E-state index in [2.05, 4.69) is 5.32 Å². The molecule has 0 saturated carbocycles. The highest BCUT2D eigenvalue weighted by Crippen LogP contribution is 2.24. The highest BCUT2D eigenvalue weighted by Gasteiger charge is 2.15. The third kappa shape index (κ3) is 5.31. The molecule has 5 heteroatoms. The van der Waals surface area contributed by atoms with E-state index in [9.17, 15) is 9.18 Å². The number of anilines is 1. The topological polar surface area (TPSA) is 47.6 Å². The number of nitrogens with one attached hydrogen (secondary N) is 1. The predicted octanol–water partition coefficient (Wildman–Crippen LogP) is 5.33. The monoisotopic (exact) mass is 365 g/mol. The zero-order valence-corrected chi connectivity index (χ0v) is 15.1. The molecule has 138 valence electrons. The normalized spacial score (nSPS) is 11.5. The number of hydrogen-bond acceptors (Lipinski definition) is 3. The van der Waals surface area contributed by atoms with Crippen molar-refractivity contribution in [3.63, 3.8) is 0 Å². The van der Waals surface area contributed by atoms with Gasteiger partial charge in [-0.15, -0.1) is 0 Å². The van der Waals surface area contributed by atoms with Crippen LogP contribution in [0.2, 0.25) is 0 Å². The number of carbonyl (C=O) groups is 1. The van der Waals surface area contributed by atoms with Gasteiger partial charge in [0.05, 0.1) is 0 Å². The Hall–Kier alpha value is -3.34. The molecule has 0 spiro atoms. The first-order chi connectivity index (χ1) is 13.0. The molecule has 1 N–H and O–H groups in total. The second kappa shape index (κ2) is 8.36. The number of hydrogen-bond donors (Lipinski definition) is 1. The number of rotatable bonds is 6. The van der Waals surface area contributed by atoms with Gasteiger partial charge in [0.2, 0.25) is 0 Å². The van der Waals surface area contributed by atoms with Crippen molar-refractivity contribution in [2.24, 2.45) is 0 Å². The minimum absolute atomic E-state index is 0.299. The Morgan fingerprint density at radius 3 is 2.26 bits per heavy atom. The second-order valence-electron chi connectivity index (χ2n) is 6.15. The summed E-state index contributed by atoms with van der Waals surface area (Å²) in [5.41, 5.74) is 1.75. The summed E-state index contributed by atoms with van der Waals surface area (Å²) in [6, 6.07) is 20.4. The molecule has 0 fully saturated rings. The van der Waals surface area contributed by atoms with Gasteiger partial charge in [-0.1, -0.05) is 12.1 Å². The number of ether oxygens (including phenoxy) is 2. The van der Waals surface area contributed by atoms with Gasteiger partial charge < -0.3 is 14.8 Å². The Balaban J connectivity index is 1.56. The number of aryl methyl sites for hydroxylation is 1. The SMILES string of the molecule is Cc1cccc(Oc2ccc(NC(=O)[C@H](C)Oc3ccc(F)cc3)cc2)c1. The van der Waals surface area contributed by atoms with E-state index < -0.39 is 6.10 Å². The Morgan fingerprint density at radius 2 is 1.59 bits per heavy atom. The zero-order valence-electron chi connectivity index (χ0n) is 15.1. The molecule has 0 heterocycles. The lowest BCUT2D eigenvalue weighted by Gasteiger charge is -2.15. The van der Waals surface area contributed by atoms with Gasteiger partial charge >= 0.3 is 0 Å². The lowest BCUT2D eigenvalue weighted by molar-refractivity contribution is -0.122. The van der Waals surface area contributed by atoms with Crippen molar-refractivity contribution in [1.82, 2.24) is 0 Å². The second-order valence-corrected chi connectivity index (χ2v) is 6.15. The van der Waals surface area contributed by atoms with Crippen LogP contribution in [-0.4, -0.2) is 12.0 Å². The van der Waals surface area contributed by atoms with Crippen molar-refractivity contribution in [3.05, 3.63) is 84.2 Å². The van der Waals surface area contributed by atoms with Gasteiger partial charge in [0.15, 0.2) is 6.10 Å². The van der Waals surface area contributed by atoms with Crippen LogP contribution in [0.1, 0.15) is 12.5 Å². The summed E-state index contributed by atoms with van der Waals surface area (Å²) < 4.78 is 24.2. The minimum Gasteiger partial charge on any atom is -0.481 e. The van der Waals surface area contributed by atoms with Crippen LogP contribution in [0.5, 0.6) is 17.2 Å². The largest absolute Gasteiger partial charge is 0.481 e. The minimum atomic E-state index is -0.723. The molecular formula is C22H20FNO3. The molecule has 0 unspecified atom stereocenters. The highest BCUT2D eigenvalue weighted by molar-refractivity contribution is 5.94. The molecule has 0 saturated heterocycles. The maximum absolute atomic E-state index is 12.9. The van der Waals surface area contributed by atoms with Gasteiger partial charge in [-0.05, 0) is 80.1 Å². The molecule has 4 nitrogen and oxygen atoms in total. The van der Waals surface area contributed by atoms with Crippen LogP contribution in [0.15, 0.2) is 72.8 Å². The first kappa shape index (κ1) is 18.5. The molecule has 3 aromatic carbocycles. The molecule has 0 aliphatic rings. The maximum atomic E-state index is 12.9. The smallest absolute Gasteiger partial charge is 0.265 e. The summed E-state index contributed by atoms with van der Waals surface area (Å²) in [5.74, 6) is 1.21. The zero-order chi connectivity index (χ0) is 19.2. The third-order valence-corrected chi connectivity index (χ3v) is 3.84. The first-order valence-corrected chi connectivity index (χ1v) is 8.57. The Labute approximate surface area is 157 Å². The van der Waals surface area contributed by atoms with E-state index in [0.717, 1.165) is 11.3 Å². The standard InChI is InChI=1S/C22H20FNO3/c1-15-4-3-5-21(14-15)27-20-12-8-18(9-13-20)24-22(25)16(2)26-19-10-6-17(23)7-11-19/h3-14,16H,1-2H3,(H,24,25)/t16-/m0/s1. The summed E-state index contributed by atoms with van der Waals surface area (Å²) in [5, 5.41) is 2.78. The molecule has 0 aromatic heterocycles. The quantitative estimate of drug-likeness (QED) is 0.642. The fraction of sp³-hybridized carbons (Fsp3) is 0.136. The van der Waals surface area contributed by atoms with Crippen LogP contribution in [0.4, 0.5) is 10.1 Å². The Bertz CT molecular complexity index is 908. The van der Waals surface area contributed by atoms with Gasteiger partial charge in [-0.2, -0.15) is 0 Å². The van der Waals surface area contributed by atoms with Crippen molar-refractivity contribution >= 4 is 11.6 Å². The fourth-order valence-electron chi connectivity index (χ4n) is 2.44. The Kier molecular flexibility index (Phi) is 5.71. The van der Waals surface area contributed by atoms with Crippen LogP contribution in [0.25, 0.3) is 0 Å². The van der Waals surface area contributed by atoms with Crippen LogP contribution < -0.4 is 14.8 Å². The average molecular weight is 365 g/mol. The summed E-state index contributed by atoms with van der Waals surface area (Å²) in [7, 11) is 0. The van der Waals surface area contributed by atoms with Crippen LogP contribution in [0.3, 0.4) is 0 Å². The van der Waals surface area contributed by atoms with Crippen molar-refractivity contribution in [1.29, 1.82) is 0 Å². The summed E-state index contributed by atoms with van der Waals surface area (Å²) >= 11 is 0. The van der Waals surface area contributed by atoms with Crippen LogP contribution >= 0.6 is 0 Å². The summed E-state index contributed by atoms with van der Waals surface area (Å²) in [6.07, 6.45) is -0.723. The van der Waals surface area contributed by atoms with Crippen molar-refractivity contribution < 1.29 is 18.7 Å². The molecule has 0 aliphatic carbocycles. The number of amides is 1. The lowest BCUT2D eigenvalue weighted by atomic mass is 10.2. The molecule has 0 radical (unpaired) electrons. The molecule has 0 bridgehead atoms. The fourth-order valence-corrected chi connectivity index (χ4v) is 2.44. The lowest BCUT2D eigenvalue weighted by Crippen LogP contribution is -2.30. The maximum Gasteiger partial charge on any atom is 0.265 e. The van der Waals surface area contributed by atoms with Crippen LogP contribution in [-0.2, 0) is 4.79 Å². The van der Waals surface area contributed by atoms with E-state index in [4.69, 9.17) is 9.47 Å². The van der Waals surface area contributed by atoms with Crippen LogP contribution in [0, 0.1) is 12.7 Å². The third-order valence-electron chi connectivity index (χ3n) is 3.84. The van der Waals surface area contributed by atoms with Gasteiger partial charge in [0.25, 0.3) is 5.91 Å². The van der Waals surface area contributed by atoms with E-state index in [1.807, 2.05) is 31.2 Å². The van der Waals surface area contributed by atoms with E-state index in [1.54, 1.807) is 31.2 Å². The number of benzene rings is 3. The molecule has 3 aromatic rings. The predicted molar refractivity (Wildman–Crippen MR) is 103 cm³/mol. The number of carbonyl (C=O) groups excluding carboxylic acids is 1. The highest BCUT2D eigenvalue weighted by atomic mass is 19.1. The van der Waals surface area contributed by atoms with Gasteiger partial charge in [-0.3, -0.25) is 4.79 Å². The Morgan fingerprint density at radius 1 is 0.926 bits per heavy atom. The van der Waals surface area contributed by atoms with Gasteiger partial charge in [0.1, 0.15) is 23.1 Å². The summed E-state index contributed by atoms with van der Waals surface area (Å²) in [4.78, 5) is 12.3. The summed E-state index contributed by atoms with van der Waals surface area (Å²) in [6.45, 7) is 3.63. The molecule has 1 amide bonds. The van der Waals surface area contributed by atoms with Gasteiger partial charge in [-0.25, -0.2) is 4.39 Å². The van der Waals surface area contributed by atoms with E-state index in [0.29, 0.717) is 17.2 Å². The molecule has 1 atom stereocenters. The van der Waals surface area contributed by atoms with E-state index >= 15 is 0 Å². The number of halogens is 1. The first-order valence-electron chi connectivity index (χ1n) is 8.57. The van der Waals surface area contributed by atoms with E-state index in [-0.39, 0.29) is 11.7 Å². The van der Waals surface area contributed by atoms with Gasteiger partial charge in [0, 0.05) is 5.69 Å². The van der Waals surface area contributed by atoms with Crippen molar-refractivity contribution in [3.8, 4) is 17.2 Å². The van der Waals surface area contributed by atoms with E-state index in [1.165, 1.54) is 24.3 Å².